The molecule has 2 unspecified atom stereocenters. The van der Waals surface area contributed by atoms with Crippen LogP contribution in [0.25, 0.3) is 0 Å². The van der Waals surface area contributed by atoms with Gasteiger partial charge in [-0.25, -0.2) is 0 Å². The van der Waals surface area contributed by atoms with Crippen molar-refractivity contribution in [2.75, 3.05) is 23.1 Å². The highest BCUT2D eigenvalue weighted by atomic mass is 35.5. The van der Waals surface area contributed by atoms with E-state index in [1.54, 1.807) is 42.5 Å². The van der Waals surface area contributed by atoms with Crippen molar-refractivity contribution >= 4 is 92.8 Å². The van der Waals surface area contributed by atoms with Crippen molar-refractivity contribution in [1.29, 1.82) is 0 Å². The Morgan fingerprint density at radius 2 is 1.34 bits per heavy atom. The molecule has 0 radical (unpaired) electrons. The maximum atomic E-state index is 13.1. The molecule has 7 nitrogen and oxygen atoms in total. The summed E-state index contributed by atoms with van der Waals surface area (Å²) in [6, 6.07) is 14.3. The molecule has 1 aliphatic carbocycles. The average Bonchev–Trinajstić information content (AvgIpc) is 3.43. The van der Waals surface area contributed by atoms with Gasteiger partial charge >= 0.3 is 0 Å². The summed E-state index contributed by atoms with van der Waals surface area (Å²) in [7, 11) is 1.44. The summed E-state index contributed by atoms with van der Waals surface area (Å²) >= 11 is 31.7. The minimum atomic E-state index is -1.39. The Morgan fingerprint density at radius 3 is 1.89 bits per heavy atom. The molecule has 38 heavy (non-hydrogen) atoms. The third-order valence-electron chi connectivity index (χ3n) is 5.86. The summed E-state index contributed by atoms with van der Waals surface area (Å²) in [6.07, 6.45) is 0. The van der Waals surface area contributed by atoms with Crippen molar-refractivity contribution < 1.29 is 19.1 Å². The molecular weight excluding hydrogens is 596 g/mol. The molecular formula is C26H20Cl5N3O4. The van der Waals surface area contributed by atoms with Crippen molar-refractivity contribution in [3.05, 3.63) is 80.8 Å². The van der Waals surface area contributed by atoms with E-state index >= 15 is 0 Å². The van der Waals surface area contributed by atoms with Crippen LogP contribution in [0.2, 0.25) is 15.1 Å². The van der Waals surface area contributed by atoms with E-state index in [4.69, 9.17) is 62.7 Å². The van der Waals surface area contributed by atoms with Gasteiger partial charge in [-0.05, 0) is 60.2 Å². The predicted molar refractivity (Wildman–Crippen MR) is 152 cm³/mol. The van der Waals surface area contributed by atoms with E-state index < -0.39 is 28.0 Å². The lowest BCUT2D eigenvalue weighted by Crippen LogP contribution is -2.18. The fourth-order valence-electron chi connectivity index (χ4n) is 4.06. The molecule has 0 aromatic heterocycles. The summed E-state index contributed by atoms with van der Waals surface area (Å²) in [6.45, 7) is 1.40. The van der Waals surface area contributed by atoms with Crippen LogP contribution >= 0.6 is 58.0 Å². The van der Waals surface area contributed by atoms with Crippen LogP contribution in [-0.4, -0.2) is 29.2 Å². The van der Waals surface area contributed by atoms with E-state index in [1.807, 2.05) is 0 Å². The minimum Gasteiger partial charge on any atom is -0.494 e. The van der Waals surface area contributed by atoms with Crippen molar-refractivity contribution in [2.24, 2.45) is 5.92 Å². The Kier molecular flexibility index (Phi) is 8.35. The lowest BCUT2D eigenvalue weighted by atomic mass is 10.1. The SMILES string of the molecule is COc1c(Cl)cc(C2C(C(=O)Nc3ccc(Cl)c(C(=O)Nc4ccc(NC(C)=O)cc4)c3)C2(Cl)Cl)cc1Cl. The first-order valence-electron chi connectivity index (χ1n) is 11.1. The van der Waals surface area contributed by atoms with E-state index in [1.165, 1.54) is 26.2 Å². The van der Waals surface area contributed by atoms with Crippen LogP contribution in [-0.2, 0) is 9.59 Å². The molecule has 0 spiro atoms. The number of rotatable bonds is 7. The van der Waals surface area contributed by atoms with E-state index in [9.17, 15) is 14.4 Å². The first-order chi connectivity index (χ1) is 17.9. The molecule has 12 heteroatoms. The zero-order valence-corrected chi connectivity index (χ0v) is 23.7. The lowest BCUT2D eigenvalue weighted by molar-refractivity contribution is -0.117. The summed E-state index contributed by atoms with van der Waals surface area (Å²) in [4.78, 5) is 37.2. The van der Waals surface area contributed by atoms with Gasteiger partial charge in [-0.15, -0.1) is 23.2 Å². The molecule has 1 fully saturated rings. The van der Waals surface area contributed by atoms with Gasteiger partial charge < -0.3 is 20.7 Å². The molecule has 3 aromatic carbocycles. The molecule has 0 saturated heterocycles. The molecule has 4 rings (SSSR count). The molecule has 3 aromatic rings. The predicted octanol–water partition coefficient (Wildman–Crippen LogP) is 7.39. The molecule has 1 aliphatic rings. The second-order valence-electron chi connectivity index (χ2n) is 8.54. The lowest BCUT2D eigenvalue weighted by Gasteiger charge is -2.11. The second-order valence-corrected chi connectivity index (χ2v) is 11.2. The van der Waals surface area contributed by atoms with Gasteiger partial charge in [-0.3, -0.25) is 14.4 Å². The monoisotopic (exact) mass is 613 g/mol. The number of benzene rings is 3. The smallest absolute Gasteiger partial charge is 0.257 e. The Bertz CT molecular complexity index is 1410. The van der Waals surface area contributed by atoms with Crippen LogP contribution in [0.4, 0.5) is 17.1 Å². The molecule has 0 heterocycles. The molecule has 2 atom stereocenters. The Labute approximate surface area is 243 Å². The number of ether oxygens (including phenoxy) is 1. The Balaban J connectivity index is 1.48. The van der Waals surface area contributed by atoms with Gasteiger partial charge in [0.05, 0.1) is 33.7 Å². The highest BCUT2D eigenvalue weighted by molar-refractivity contribution is 6.53. The molecule has 1 saturated carbocycles. The van der Waals surface area contributed by atoms with Crippen LogP contribution in [0.5, 0.6) is 5.75 Å². The number of alkyl halides is 2. The fraction of sp³-hybridized carbons (Fsp3) is 0.192. The molecule has 0 bridgehead atoms. The summed E-state index contributed by atoms with van der Waals surface area (Å²) in [5.74, 6) is -2.21. The van der Waals surface area contributed by atoms with Gasteiger partial charge in [-0.1, -0.05) is 34.8 Å². The second kappa shape index (κ2) is 11.2. The summed E-state index contributed by atoms with van der Waals surface area (Å²) in [5, 5.41) is 8.84. The number of hydrogen-bond donors (Lipinski definition) is 3. The number of amides is 3. The van der Waals surface area contributed by atoms with Crippen LogP contribution < -0.4 is 20.7 Å². The molecule has 198 valence electrons. The van der Waals surface area contributed by atoms with Crippen LogP contribution in [0, 0.1) is 5.92 Å². The van der Waals surface area contributed by atoms with Crippen molar-refractivity contribution in [3.8, 4) is 5.75 Å². The van der Waals surface area contributed by atoms with Gasteiger partial charge in [0.2, 0.25) is 11.8 Å². The van der Waals surface area contributed by atoms with Gasteiger partial charge in [0, 0.05) is 29.9 Å². The maximum Gasteiger partial charge on any atom is 0.257 e. The number of nitrogens with one attached hydrogen (secondary N) is 3. The number of carbonyl (C=O) groups is 3. The quantitative estimate of drug-likeness (QED) is 0.242. The maximum absolute atomic E-state index is 13.1. The minimum absolute atomic E-state index is 0.138. The van der Waals surface area contributed by atoms with Crippen LogP contribution in [0.3, 0.4) is 0 Å². The number of methoxy groups -OCH3 is 1. The van der Waals surface area contributed by atoms with E-state index in [-0.39, 0.29) is 26.5 Å². The average molecular weight is 616 g/mol. The fourth-order valence-corrected chi connectivity index (χ4v) is 5.75. The third kappa shape index (κ3) is 5.98. The van der Waals surface area contributed by atoms with E-state index in [2.05, 4.69) is 16.0 Å². The van der Waals surface area contributed by atoms with Gasteiger partial charge in [-0.2, -0.15) is 0 Å². The standard InChI is InChI=1S/C26H20Cl5N3O4/c1-12(35)32-14-3-5-15(6-4-14)33-24(36)17-11-16(7-8-18(17)27)34-25(37)22-21(26(22,30)31)13-9-19(28)23(38-2)20(29)10-13/h3-11,21-22H,1-2H3,(H,32,35)(H,33,36)(H,34,37). The zero-order chi connectivity index (χ0) is 27.8. The van der Waals surface area contributed by atoms with Crippen LogP contribution in [0.15, 0.2) is 54.6 Å². The van der Waals surface area contributed by atoms with Crippen molar-refractivity contribution in [1.82, 2.24) is 0 Å². The highest BCUT2D eigenvalue weighted by Crippen LogP contribution is 2.65. The number of carbonyl (C=O) groups excluding carboxylic acids is 3. The normalized spacial score (nSPS) is 17.3. The zero-order valence-electron chi connectivity index (χ0n) is 19.9. The molecule has 3 amide bonds. The number of anilines is 3. The largest absolute Gasteiger partial charge is 0.494 e. The van der Waals surface area contributed by atoms with Crippen molar-refractivity contribution in [2.45, 2.75) is 17.2 Å². The number of halogens is 5. The number of hydrogen-bond acceptors (Lipinski definition) is 4. The first-order valence-corrected chi connectivity index (χ1v) is 13.0. The molecule has 3 N–H and O–H groups in total. The van der Waals surface area contributed by atoms with E-state index in [0.717, 1.165) is 0 Å². The van der Waals surface area contributed by atoms with Gasteiger partial charge in [0.1, 0.15) is 4.33 Å². The summed E-state index contributed by atoms with van der Waals surface area (Å²) < 4.78 is 3.78. The van der Waals surface area contributed by atoms with E-state index in [0.29, 0.717) is 28.4 Å². The topological polar surface area (TPSA) is 96.5 Å². The molecule has 0 aliphatic heterocycles. The highest BCUT2D eigenvalue weighted by Gasteiger charge is 2.67. The van der Waals surface area contributed by atoms with Crippen LogP contribution in [0.1, 0.15) is 28.8 Å². The first kappa shape index (κ1) is 28.3. The Hall–Kier alpha value is -2.68. The van der Waals surface area contributed by atoms with Gasteiger partial charge in [0.15, 0.2) is 5.75 Å². The van der Waals surface area contributed by atoms with Gasteiger partial charge in [0.25, 0.3) is 5.91 Å². The Morgan fingerprint density at radius 1 is 0.789 bits per heavy atom. The van der Waals surface area contributed by atoms with Crippen molar-refractivity contribution in [3.63, 3.8) is 0 Å². The summed E-state index contributed by atoms with van der Waals surface area (Å²) in [5.41, 5.74) is 2.13. The third-order valence-corrected chi connectivity index (χ3v) is 7.69.